The van der Waals surface area contributed by atoms with Gasteiger partial charge in [-0.3, -0.25) is 10.1 Å². The third-order valence-electron chi connectivity index (χ3n) is 4.23. The van der Waals surface area contributed by atoms with Gasteiger partial charge in [-0.15, -0.1) is 0 Å². The fraction of sp³-hybridized carbons (Fsp3) is 0. The average molecular weight is 378 g/mol. The molecule has 0 bridgehead atoms. The van der Waals surface area contributed by atoms with Crippen molar-refractivity contribution in [3.8, 4) is 28.1 Å². The van der Waals surface area contributed by atoms with Crippen LogP contribution in [0.1, 0.15) is 0 Å². The largest absolute Gasteiger partial charge is 1.00 e. The van der Waals surface area contributed by atoms with Crippen molar-refractivity contribution >= 4 is 16.6 Å². The van der Waals surface area contributed by atoms with E-state index in [0.29, 0.717) is 16.6 Å². The summed E-state index contributed by atoms with van der Waals surface area (Å²) in [5.74, 6) is 0.161. The molecular formula is C21H14ClN2O3-. The van der Waals surface area contributed by atoms with E-state index >= 15 is 0 Å². The molecule has 6 heteroatoms. The first-order valence-corrected chi connectivity index (χ1v) is 8.06. The third-order valence-corrected chi connectivity index (χ3v) is 4.23. The van der Waals surface area contributed by atoms with Gasteiger partial charge < -0.3 is 17.5 Å². The molecule has 1 N–H and O–H groups in total. The van der Waals surface area contributed by atoms with Crippen LogP contribution in [0.4, 0.5) is 5.69 Å². The number of rotatable bonds is 3. The zero-order valence-corrected chi connectivity index (χ0v) is 14.8. The van der Waals surface area contributed by atoms with Crippen molar-refractivity contribution in [2.75, 3.05) is 0 Å². The minimum absolute atomic E-state index is 0. The van der Waals surface area contributed by atoms with Crippen LogP contribution >= 0.6 is 0 Å². The number of halogens is 1. The maximum Gasteiger partial charge on any atom is 0.270 e. The van der Waals surface area contributed by atoms with E-state index in [1.54, 1.807) is 30.3 Å². The molecule has 134 valence electrons. The summed E-state index contributed by atoms with van der Waals surface area (Å²) in [5, 5.41) is 21.7. The number of nitro groups is 1. The number of aromatic nitrogens is 1. The summed E-state index contributed by atoms with van der Waals surface area (Å²) in [6.45, 7) is 0. The summed E-state index contributed by atoms with van der Waals surface area (Å²) in [5.41, 5.74) is 3.97. The molecule has 5 nitrogen and oxygen atoms in total. The number of phenolic OH excluding ortho intramolecular Hbond substituents is 1. The summed E-state index contributed by atoms with van der Waals surface area (Å²) >= 11 is 0. The predicted octanol–water partition coefficient (Wildman–Crippen LogP) is 2.19. The van der Waals surface area contributed by atoms with Crippen LogP contribution in [-0.2, 0) is 0 Å². The van der Waals surface area contributed by atoms with Crippen molar-refractivity contribution in [3.63, 3.8) is 0 Å². The molecule has 0 amide bonds. The molecule has 1 heterocycles. The molecule has 0 aliphatic heterocycles. The van der Waals surface area contributed by atoms with Gasteiger partial charge in [0.1, 0.15) is 5.75 Å². The minimum atomic E-state index is -0.405. The van der Waals surface area contributed by atoms with Crippen LogP contribution in [0.2, 0.25) is 0 Å². The van der Waals surface area contributed by atoms with Crippen LogP contribution in [-0.4, -0.2) is 15.0 Å². The quantitative estimate of drug-likeness (QED) is 0.438. The molecule has 0 saturated heterocycles. The molecule has 0 aliphatic carbocycles. The Bertz CT molecular complexity index is 1130. The number of hydrogen-bond acceptors (Lipinski definition) is 4. The van der Waals surface area contributed by atoms with Gasteiger partial charge in [-0.2, -0.15) is 0 Å². The summed E-state index contributed by atoms with van der Waals surface area (Å²) in [4.78, 5) is 15.4. The van der Waals surface area contributed by atoms with Crippen molar-refractivity contribution in [1.82, 2.24) is 4.98 Å². The second kappa shape index (κ2) is 7.43. The zero-order valence-electron chi connectivity index (χ0n) is 14.0. The second-order valence-corrected chi connectivity index (χ2v) is 5.93. The molecule has 27 heavy (non-hydrogen) atoms. The molecule has 0 saturated carbocycles. The number of pyridine rings is 1. The van der Waals surface area contributed by atoms with Crippen LogP contribution in [0.3, 0.4) is 0 Å². The summed E-state index contributed by atoms with van der Waals surface area (Å²) in [6.07, 6.45) is 0. The Morgan fingerprint density at radius 2 is 1.59 bits per heavy atom. The van der Waals surface area contributed by atoms with Gasteiger partial charge in [-0.25, -0.2) is 4.98 Å². The van der Waals surface area contributed by atoms with E-state index in [0.717, 1.165) is 16.7 Å². The highest BCUT2D eigenvalue weighted by atomic mass is 35.5. The smallest absolute Gasteiger partial charge is 0.270 e. The standard InChI is InChI=1S/C21H14N2O3.ClH/c24-17-8-4-7-15(11-17)21-13-18(14-5-2-1-3-6-14)19-12-16(23(25)26)9-10-20(19)22-21;/h1-13,24H;1H/p-1. The highest BCUT2D eigenvalue weighted by Gasteiger charge is 2.14. The van der Waals surface area contributed by atoms with Crippen molar-refractivity contribution in [2.45, 2.75) is 0 Å². The number of nitro benzene ring substituents is 1. The normalized spacial score (nSPS) is 10.4. The van der Waals surface area contributed by atoms with Gasteiger partial charge in [0.2, 0.25) is 0 Å². The predicted molar refractivity (Wildman–Crippen MR) is 101 cm³/mol. The summed E-state index contributed by atoms with van der Waals surface area (Å²) in [7, 11) is 0. The Balaban J connectivity index is 0.00000210. The summed E-state index contributed by atoms with van der Waals surface area (Å²) < 4.78 is 0. The lowest BCUT2D eigenvalue weighted by molar-refractivity contribution is -0.384. The monoisotopic (exact) mass is 377 g/mol. The number of phenols is 1. The Labute approximate surface area is 161 Å². The topological polar surface area (TPSA) is 76.3 Å². The van der Waals surface area contributed by atoms with E-state index in [9.17, 15) is 15.2 Å². The number of non-ortho nitro benzene ring substituents is 1. The number of fused-ring (bicyclic) bond motifs is 1. The van der Waals surface area contributed by atoms with Crippen molar-refractivity contribution in [2.24, 2.45) is 0 Å². The molecular weight excluding hydrogens is 364 g/mol. The van der Waals surface area contributed by atoms with E-state index in [2.05, 4.69) is 4.98 Å². The van der Waals surface area contributed by atoms with Crippen LogP contribution in [0.25, 0.3) is 33.3 Å². The minimum Gasteiger partial charge on any atom is -1.00 e. The molecule has 0 atom stereocenters. The van der Waals surface area contributed by atoms with Crippen molar-refractivity contribution < 1.29 is 22.4 Å². The molecule has 0 aliphatic rings. The number of aromatic hydroxyl groups is 1. The van der Waals surface area contributed by atoms with E-state index in [1.165, 1.54) is 6.07 Å². The molecule has 0 radical (unpaired) electrons. The molecule has 0 spiro atoms. The third kappa shape index (κ3) is 3.59. The van der Waals surface area contributed by atoms with Crippen LogP contribution < -0.4 is 12.4 Å². The van der Waals surface area contributed by atoms with Crippen LogP contribution in [0.5, 0.6) is 5.75 Å². The lowest BCUT2D eigenvalue weighted by Gasteiger charge is -2.10. The lowest BCUT2D eigenvalue weighted by atomic mass is 9.98. The van der Waals surface area contributed by atoms with Gasteiger partial charge >= 0.3 is 0 Å². The number of benzene rings is 3. The Kier molecular flexibility index (Phi) is 5.05. The van der Waals surface area contributed by atoms with Gasteiger partial charge in [-0.1, -0.05) is 42.5 Å². The Morgan fingerprint density at radius 3 is 2.30 bits per heavy atom. The molecule has 0 fully saturated rings. The van der Waals surface area contributed by atoms with Gasteiger partial charge in [-0.05, 0) is 35.4 Å². The molecule has 4 rings (SSSR count). The zero-order chi connectivity index (χ0) is 18.1. The maximum atomic E-state index is 11.2. The number of nitrogens with zero attached hydrogens (tertiary/aromatic N) is 2. The van der Waals surface area contributed by atoms with Gasteiger partial charge in [0.25, 0.3) is 5.69 Å². The molecule has 3 aromatic carbocycles. The lowest BCUT2D eigenvalue weighted by Crippen LogP contribution is -3.00. The Morgan fingerprint density at radius 1 is 0.852 bits per heavy atom. The van der Waals surface area contributed by atoms with E-state index in [-0.39, 0.29) is 23.8 Å². The van der Waals surface area contributed by atoms with Crippen molar-refractivity contribution in [1.29, 1.82) is 0 Å². The van der Waals surface area contributed by atoms with E-state index in [4.69, 9.17) is 0 Å². The number of hydrogen-bond donors (Lipinski definition) is 1. The van der Waals surface area contributed by atoms with Gasteiger partial charge in [0.15, 0.2) is 0 Å². The fourth-order valence-corrected chi connectivity index (χ4v) is 3.00. The molecule has 4 aromatic rings. The first-order valence-electron chi connectivity index (χ1n) is 8.06. The Hall–Kier alpha value is -3.44. The van der Waals surface area contributed by atoms with Crippen LogP contribution in [0, 0.1) is 10.1 Å². The highest BCUT2D eigenvalue weighted by Crippen LogP contribution is 2.34. The summed E-state index contributed by atoms with van der Waals surface area (Å²) in [6, 6.07) is 23.1. The first-order chi connectivity index (χ1) is 12.6. The van der Waals surface area contributed by atoms with E-state index < -0.39 is 4.92 Å². The maximum absolute atomic E-state index is 11.2. The SMILES string of the molecule is O=[N+]([O-])c1ccc2nc(-c3cccc(O)c3)cc(-c3ccccc3)c2c1.[Cl-]. The fourth-order valence-electron chi connectivity index (χ4n) is 3.00. The van der Waals surface area contributed by atoms with Gasteiger partial charge in [0.05, 0.1) is 16.1 Å². The van der Waals surface area contributed by atoms with Crippen molar-refractivity contribution in [3.05, 3.63) is 89.0 Å². The highest BCUT2D eigenvalue weighted by molar-refractivity contribution is 5.97. The molecule has 1 aromatic heterocycles. The second-order valence-electron chi connectivity index (χ2n) is 5.93. The van der Waals surface area contributed by atoms with Gasteiger partial charge in [0, 0.05) is 23.1 Å². The van der Waals surface area contributed by atoms with Crippen LogP contribution in [0.15, 0.2) is 78.9 Å². The molecule has 0 unspecified atom stereocenters. The average Bonchev–Trinajstić information content (AvgIpc) is 2.67. The first kappa shape index (κ1) is 18.4. The van der Waals surface area contributed by atoms with E-state index in [1.807, 2.05) is 42.5 Å².